The van der Waals surface area contributed by atoms with Crippen molar-refractivity contribution in [1.82, 2.24) is 5.06 Å². The average molecular weight is 323 g/mol. The first-order valence-electron chi connectivity index (χ1n) is 7.48. The van der Waals surface area contributed by atoms with E-state index in [1.165, 1.54) is 0 Å². The highest BCUT2D eigenvalue weighted by molar-refractivity contribution is 6.48. The number of amides is 2. The maximum atomic E-state index is 12.5. The van der Waals surface area contributed by atoms with Gasteiger partial charge in [0, 0.05) is 0 Å². The smallest absolute Gasteiger partial charge is 0.286 e. The zero-order valence-corrected chi connectivity index (χ0v) is 13.7. The molecule has 0 saturated heterocycles. The Labute approximate surface area is 139 Å². The van der Waals surface area contributed by atoms with Gasteiger partial charge in [0.25, 0.3) is 11.8 Å². The normalized spacial score (nSPS) is 14.6. The lowest BCUT2D eigenvalue weighted by Crippen LogP contribution is -2.27. The first-order valence-corrected chi connectivity index (χ1v) is 7.48. The molecule has 1 N–H and O–H groups in total. The van der Waals surface area contributed by atoms with Gasteiger partial charge in [-0.05, 0) is 48.2 Å². The highest BCUT2D eigenvalue weighted by atomic mass is 16.5. The van der Waals surface area contributed by atoms with Gasteiger partial charge in [-0.2, -0.15) is 0 Å². The summed E-state index contributed by atoms with van der Waals surface area (Å²) in [5, 5.41) is 10.1. The molecule has 0 unspecified atom stereocenters. The second-order valence-corrected chi connectivity index (χ2v) is 5.67. The Balaban J connectivity index is 2.28. The summed E-state index contributed by atoms with van der Waals surface area (Å²) in [7, 11) is 1.55. The number of ether oxygens (including phenoxy) is 1. The van der Waals surface area contributed by atoms with Crippen molar-refractivity contribution < 1.29 is 19.5 Å². The van der Waals surface area contributed by atoms with E-state index in [0.717, 1.165) is 11.1 Å². The Morgan fingerprint density at radius 1 is 0.875 bits per heavy atom. The van der Waals surface area contributed by atoms with Crippen molar-refractivity contribution in [3.05, 3.63) is 64.7 Å². The van der Waals surface area contributed by atoms with Crippen LogP contribution in [0.3, 0.4) is 0 Å². The number of aryl methyl sites for hydroxylation is 2. The summed E-state index contributed by atoms with van der Waals surface area (Å²) in [6, 6.07) is 12.5. The van der Waals surface area contributed by atoms with Crippen LogP contribution in [0.5, 0.6) is 5.75 Å². The summed E-state index contributed by atoms with van der Waals surface area (Å²) < 4.78 is 5.12. The molecule has 5 heteroatoms. The maximum Gasteiger partial charge on any atom is 0.286 e. The summed E-state index contributed by atoms with van der Waals surface area (Å²) in [5.41, 5.74) is 3.40. The molecule has 24 heavy (non-hydrogen) atoms. The third-order valence-corrected chi connectivity index (χ3v) is 4.17. The number of nitrogens with zero attached hydrogens (tertiary/aromatic N) is 1. The second kappa shape index (κ2) is 5.94. The predicted molar refractivity (Wildman–Crippen MR) is 89.4 cm³/mol. The Morgan fingerprint density at radius 3 is 1.96 bits per heavy atom. The van der Waals surface area contributed by atoms with Crippen molar-refractivity contribution in [2.24, 2.45) is 0 Å². The molecule has 0 aromatic heterocycles. The fourth-order valence-electron chi connectivity index (χ4n) is 2.98. The minimum Gasteiger partial charge on any atom is -0.497 e. The summed E-state index contributed by atoms with van der Waals surface area (Å²) in [5.74, 6) is -0.781. The molecule has 2 amide bonds. The minimum atomic E-state index is -0.720. The van der Waals surface area contributed by atoms with Crippen molar-refractivity contribution in [3.8, 4) is 5.75 Å². The first kappa shape index (κ1) is 16.0. The van der Waals surface area contributed by atoms with Gasteiger partial charge >= 0.3 is 0 Å². The Hall–Kier alpha value is -2.92. The van der Waals surface area contributed by atoms with E-state index in [4.69, 9.17) is 4.74 Å². The van der Waals surface area contributed by atoms with Crippen molar-refractivity contribution in [2.45, 2.75) is 13.8 Å². The van der Waals surface area contributed by atoms with Gasteiger partial charge in [-0.15, -0.1) is 5.06 Å². The van der Waals surface area contributed by atoms with Crippen molar-refractivity contribution in [1.29, 1.82) is 0 Å². The lowest BCUT2D eigenvalue weighted by Gasteiger charge is -2.11. The molecular weight excluding hydrogens is 306 g/mol. The predicted octanol–water partition coefficient (Wildman–Crippen LogP) is 2.98. The van der Waals surface area contributed by atoms with Crippen LogP contribution in [0.4, 0.5) is 0 Å². The van der Waals surface area contributed by atoms with E-state index in [9.17, 15) is 14.8 Å². The number of rotatable bonds is 3. The Bertz CT molecular complexity index is 845. The molecule has 0 aliphatic carbocycles. The highest BCUT2D eigenvalue weighted by Crippen LogP contribution is 2.37. The van der Waals surface area contributed by atoms with Gasteiger partial charge in [-0.1, -0.05) is 30.3 Å². The summed E-state index contributed by atoms with van der Waals surface area (Å²) >= 11 is 0. The van der Waals surface area contributed by atoms with Gasteiger partial charge in [0.15, 0.2) is 0 Å². The zero-order valence-electron chi connectivity index (χ0n) is 13.7. The lowest BCUT2D eigenvalue weighted by atomic mass is 9.90. The van der Waals surface area contributed by atoms with E-state index in [1.54, 1.807) is 31.4 Å². The van der Waals surface area contributed by atoms with E-state index in [-0.39, 0.29) is 16.2 Å². The van der Waals surface area contributed by atoms with Crippen molar-refractivity contribution in [2.75, 3.05) is 7.11 Å². The number of imide groups is 1. The molecule has 1 aliphatic heterocycles. The number of benzene rings is 2. The SMILES string of the molecule is COc1ccc(C2=C(c3c(C)cccc3C)C(=O)N(O)C2=O)cc1. The van der Waals surface area contributed by atoms with Gasteiger partial charge in [-0.3, -0.25) is 14.8 Å². The molecule has 0 saturated carbocycles. The first-order chi connectivity index (χ1) is 11.5. The molecular formula is C19H17NO4. The Morgan fingerprint density at radius 2 is 1.42 bits per heavy atom. The number of methoxy groups -OCH3 is 1. The molecule has 122 valence electrons. The van der Waals surface area contributed by atoms with Crippen molar-refractivity contribution in [3.63, 3.8) is 0 Å². The third kappa shape index (κ3) is 2.39. The fourth-order valence-corrected chi connectivity index (χ4v) is 2.98. The minimum absolute atomic E-state index is 0.181. The number of carbonyl (C=O) groups is 2. The van der Waals surface area contributed by atoms with Gasteiger partial charge in [0.1, 0.15) is 5.75 Å². The molecule has 5 nitrogen and oxygen atoms in total. The van der Waals surface area contributed by atoms with E-state index < -0.39 is 11.8 Å². The number of hydroxylamine groups is 2. The van der Waals surface area contributed by atoms with Gasteiger partial charge in [0.05, 0.1) is 18.3 Å². The standard InChI is InChI=1S/C19H17NO4/c1-11-5-4-6-12(2)15(11)17-16(18(21)20(23)19(17)22)13-7-9-14(24-3)10-8-13/h4-10,23H,1-3H3. The molecule has 0 radical (unpaired) electrons. The summed E-state index contributed by atoms with van der Waals surface area (Å²) in [6.07, 6.45) is 0. The van der Waals surface area contributed by atoms with Crippen LogP contribution in [-0.4, -0.2) is 29.2 Å². The van der Waals surface area contributed by atoms with Crippen LogP contribution in [0.2, 0.25) is 0 Å². The molecule has 1 heterocycles. The summed E-state index contributed by atoms with van der Waals surface area (Å²) in [4.78, 5) is 24.9. The molecule has 0 fully saturated rings. The van der Waals surface area contributed by atoms with Crippen LogP contribution >= 0.6 is 0 Å². The number of carbonyl (C=O) groups excluding carboxylic acids is 2. The molecule has 3 rings (SSSR count). The Kier molecular flexibility index (Phi) is 3.95. The lowest BCUT2D eigenvalue weighted by molar-refractivity contribution is -0.168. The maximum absolute atomic E-state index is 12.5. The van der Waals surface area contributed by atoms with E-state index in [2.05, 4.69) is 0 Å². The topological polar surface area (TPSA) is 66.8 Å². The highest BCUT2D eigenvalue weighted by Gasteiger charge is 2.40. The zero-order chi connectivity index (χ0) is 17.4. The second-order valence-electron chi connectivity index (χ2n) is 5.67. The fraction of sp³-hybridized carbons (Fsp3) is 0.158. The largest absolute Gasteiger partial charge is 0.497 e. The van der Waals surface area contributed by atoms with Crippen LogP contribution in [0.15, 0.2) is 42.5 Å². The van der Waals surface area contributed by atoms with E-state index >= 15 is 0 Å². The summed E-state index contributed by atoms with van der Waals surface area (Å²) in [6.45, 7) is 3.75. The molecule has 0 spiro atoms. The molecule has 1 aliphatic rings. The van der Waals surface area contributed by atoms with E-state index in [1.807, 2.05) is 32.0 Å². The monoisotopic (exact) mass is 323 g/mol. The van der Waals surface area contributed by atoms with Crippen LogP contribution < -0.4 is 4.74 Å². The molecule has 2 aromatic rings. The molecule has 0 atom stereocenters. The molecule has 0 bridgehead atoms. The van der Waals surface area contributed by atoms with Gasteiger partial charge in [-0.25, -0.2) is 0 Å². The van der Waals surface area contributed by atoms with Crippen LogP contribution in [-0.2, 0) is 9.59 Å². The van der Waals surface area contributed by atoms with Crippen molar-refractivity contribution >= 4 is 23.0 Å². The van der Waals surface area contributed by atoms with Crippen LogP contribution in [0.25, 0.3) is 11.1 Å². The molecule has 2 aromatic carbocycles. The van der Waals surface area contributed by atoms with Gasteiger partial charge in [0.2, 0.25) is 0 Å². The number of hydrogen-bond donors (Lipinski definition) is 1. The third-order valence-electron chi connectivity index (χ3n) is 4.17. The average Bonchev–Trinajstić information content (AvgIpc) is 2.79. The number of hydrogen-bond acceptors (Lipinski definition) is 4. The van der Waals surface area contributed by atoms with E-state index in [0.29, 0.717) is 16.9 Å². The van der Waals surface area contributed by atoms with Gasteiger partial charge < -0.3 is 4.74 Å². The quantitative estimate of drug-likeness (QED) is 0.696. The van der Waals surface area contributed by atoms with Crippen LogP contribution in [0, 0.1) is 13.8 Å². The van der Waals surface area contributed by atoms with Crippen LogP contribution in [0.1, 0.15) is 22.3 Å².